The van der Waals surface area contributed by atoms with E-state index in [9.17, 15) is 17.6 Å². The third-order valence-corrected chi connectivity index (χ3v) is 3.07. The molecule has 2 aromatic carbocycles. The van der Waals surface area contributed by atoms with E-state index in [2.05, 4.69) is 4.98 Å². The molecule has 0 saturated carbocycles. The number of fused-ring (bicyclic) bond motifs is 1. The van der Waals surface area contributed by atoms with Crippen molar-refractivity contribution in [3.63, 3.8) is 0 Å². The summed E-state index contributed by atoms with van der Waals surface area (Å²) in [6.07, 6.45) is -4.45. The number of hydrogen-bond donors (Lipinski definition) is 1. The second kappa shape index (κ2) is 4.47. The SMILES string of the molecule is Nc1nc2cc(F)ccc2n1-c1cccc(C(F)(F)F)c1. The minimum atomic E-state index is -4.45. The van der Waals surface area contributed by atoms with Crippen molar-refractivity contribution >= 4 is 17.0 Å². The lowest BCUT2D eigenvalue weighted by molar-refractivity contribution is -0.137. The smallest absolute Gasteiger partial charge is 0.369 e. The number of hydrogen-bond acceptors (Lipinski definition) is 2. The summed E-state index contributed by atoms with van der Waals surface area (Å²) in [5.41, 5.74) is 5.89. The van der Waals surface area contributed by atoms with Crippen LogP contribution in [0.3, 0.4) is 0 Å². The first-order valence-electron chi connectivity index (χ1n) is 5.97. The number of nitrogens with two attached hydrogens (primary N) is 1. The van der Waals surface area contributed by atoms with Crippen molar-refractivity contribution in [3.8, 4) is 5.69 Å². The van der Waals surface area contributed by atoms with E-state index in [-0.39, 0.29) is 17.2 Å². The molecule has 0 bridgehead atoms. The van der Waals surface area contributed by atoms with Crippen LogP contribution in [0.1, 0.15) is 5.56 Å². The van der Waals surface area contributed by atoms with Gasteiger partial charge in [-0.3, -0.25) is 4.57 Å². The van der Waals surface area contributed by atoms with Gasteiger partial charge in [0.1, 0.15) is 5.82 Å². The van der Waals surface area contributed by atoms with E-state index in [1.165, 1.54) is 34.9 Å². The monoisotopic (exact) mass is 295 g/mol. The molecule has 0 amide bonds. The molecule has 21 heavy (non-hydrogen) atoms. The van der Waals surface area contributed by atoms with Crippen LogP contribution in [0.4, 0.5) is 23.5 Å². The van der Waals surface area contributed by atoms with Gasteiger partial charge in [0.15, 0.2) is 0 Å². The molecule has 0 atom stereocenters. The van der Waals surface area contributed by atoms with Gasteiger partial charge < -0.3 is 5.73 Å². The van der Waals surface area contributed by atoms with Crippen molar-refractivity contribution in [1.82, 2.24) is 9.55 Å². The van der Waals surface area contributed by atoms with Crippen molar-refractivity contribution in [2.24, 2.45) is 0 Å². The maximum Gasteiger partial charge on any atom is 0.416 e. The molecule has 1 heterocycles. The highest BCUT2D eigenvalue weighted by Crippen LogP contribution is 2.32. The summed E-state index contributed by atoms with van der Waals surface area (Å²) in [6.45, 7) is 0. The van der Waals surface area contributed by atoms with Crippen LogP contribution in [-0.4, -0.2) is 9.55 Å². The van der Waals surface area contributed by atoms with Crippen LogP contribution < -0.4 is 5.73 Å². The van der Waals surface area contributed by atoms with Crippen molar-refractivity contribution in [3.05, 3.63) is 53.8 Å². The van der Waals surface area contributed by atoms with Crippen LogP contribution in [0, 0.1) is 5.82 Å². The van der Waals surface area contributed by atoms with Crippen LogP contribution in [0.25, 0.3) is 16.7 Å². The number of nitrogen functional groups attached to an aromatic ring is 1. The number of anilines is 1. The Balaban J connectivity index is 2.23. The van der Waals surface area contributed by atoms with Crippen LogP contribution in [-0.2, 0) is 6.18 Å². The van der Waals surface area contributed by atoms with Gasteiger partial charge in [0.25, 0.3) is 0 Å². The van der Waals surface area contributed by atoms with Crippen molar-refractivity contribution < 1.29 is 17.6 Å². The van der Waals surface area contributed by atoms with Crippen LogP contribution in [0.15, 0.2) is 42.5 Å². The van der Waals surface area contributed by atoms with Crippen molar-refractivity contribution in [1.29, 1.82) is 0 Å². The fraction of sp³-hybridized carbons (Fsp3) is 0.0714. The molecule has 3 rings (SSSR count). The van der Waals surface area contributed by atoms with E-state index in [0.29, 0.717) is 5.52 Å². The molecule has 0 aliphatic rings. The van der Waals surface area contributed by atoms with E-state index in [0.717, 1.165) is 12.1 Å². The summed E-state index contributed by atoms with van der Waals surface area (Å²) in [5.74, 6) is -0.494. The van der Waals surface area contributed by atoms with Gasteiger partial charge >= 0.3 is 6.18 Å². The summed E-state index contributed by atoms with van der Waals surface area (Å²) in [4.78, 5) is 3.96. The predicted octanol–water partition coefficient (Wildman–Crippen LogP) is 3.77. The molecular weight excluding hydrogens is 286 g/mol. The molecular formula is C14H9F4N3. The second-order valence-electron chi connectivity index (χ2n) is 4.49. The van der Waals surface area contributed by atoms with E-state index >= 15 is 0 Å². The van der Waals surface area contributed by atoms with Gasteiger partial charge in [-0.1, -0.05) is 6.07 Å². The number of rotatable bonds is 1. The number of halogens is 4. The zero-order valence-electron chi connectivity index (χ0n) is 10.5. The lowest BCUT2D eigenvalue weighted by Crippen LogP contribution is -2.07. The van der Waals surface area contributed by atoms with E-state index in [1.54, 1.807) is 0 Å². The fourth-order valence-corrected chi connectivity index (χ4v) is 2.16. The van der Waals surface area contributed by atoms with Crippen LogP contribution in [0.2, 0.25) is 0 Å². The highest BCUT2D eigenvalue weighted by Gasteiger charge is 2.30. The molecule has 0 radical (unpaired) electrons. The minimum absolute atomic E-state index is 0.00470. The van der Waals surface area contributed by atoms with Gasteiger partial charge in [0, 0.05) is 11.8 Å². The Morgan fingerprint density at radius 1 is 1.05 bits per heavy atom. The van der Waals surface area contributed by atoms with Gasteiger partial charge in [-0.15, -0.1) is 0 Å². The maximum absolute atomic E-state index is 13.2. The largest absolute Gasteiger partial charge is 0.416 e. The molecule has 3 nitrogen and oxygen atoms in total. The molecule has 0 fully saturated rings. The standard InChI is InChI=1S/C14H9F4N3/c15-9-4-5-12-11(7-9)20-13(19)21(12)10-3-1-2-8(6-10)14(16,17)18/h1-7H,(H2,19,20). The summed E-state index contributed by atoms with van der Waals surface area (Å²) in [5, 5.41) is 0. The first-order chi connectivity index (χ1) is 9.86. The maximum atomic E-state index is 13.2. The Labute approximate surface area is 116 Å². The first kappa shape index (κ1) is 13.4. The molecule has 0 unspecified atom stereocenters. The number of aromatic nitrogens is 2. The van der Waals surface area contributed by atoms with Gasteiger partial charge in [0.2, 0.25) is 5.95 Å². The topological polar surface area (TPSA) is 43.8 Å². The molecule has 108 valence electrons. The summed E-state index contributed by atoms with van der Waals surface area (Å²) >= 11 is 0. The van der Waals surface area contributed by atoms with Gasteiger partial charge in [0.05, 0.1) is 16.6 Å². The van der Waals surface area contributed by atoms with Crippen molar-refractivity contribution in [2.75, 3.05) is 5.73 Å². The number of benzene rings is 2. The van der Waals surface area contributed by atoms with Crippen LogP contribution in [0.5, 0.6) is 0 Å². The average Bonchev–Trinajstić information content (AvgIpc) is 2.73. The molecule has 0 saturated heterocycles. The molecule has 0 aliphatic carbocycles. The third kappa shape index (κ3) is 2.31. The highest BCUT2D eigenvalue weighted by atomic mass is 19.4. The van der Waals surface area contributed by atoms with Gasteiger partial charge in [-0.25, -0.2) is 9.37 Å². The van der Waals surface area contributed by atoms with E-state index < -0.39 is 17.6 Å². The third-order valence-electron chi connectivity index (χ3n) is 3.07. The highest BCUT2D eigenvalue weighted by molar-refractivity contribution is 5.80. The lowest BCUT2D eigenvalue weighted by atomic mass is 10.2. The minimum Gasteiger partial charge on any atom is -0.369 e. The van der Waals surface area contributed by atoms with Gasteiger partial charge in [-0.2, -0.15) is 13.2 Å². The molecule has 2 N–H and O–H groups in total. The molecule has 0 aliphatic heterocycles. The zero-order chi connectivity index (χ0) is 15.2. The first-order valence-corrected chi connectivity index (χ1v) is 5.97. The Hall–Kier alpha value is -2.57. The Bertz CT molecular complexity index is 821. The van der Waals surface area contributed by atoms with E-state index in [1.807, 2.05) is 0 Å². The second-order valence-corrected chi connectivity index (χ2v) is 4.49. The molecule has 7 heteroatoms. The van der Waals surface area contributed by atoms with Crippen molar-refractivity contribution in [2.45, 2.75) is 6.18 Å². The number of alkyl halides is 3. The van der Waals surface area contributed by atoms with E-state index in [4.69, 9.17) is 5.73 Å². The molecule has 1 aromatic heterocycles. The quantitative estimate of drug-likeness (QED) is 0.695. The fourth-order valence-electron chi connectivity index (χ4n) is 2.16. The summed E-state index contributed by atoms with van der Waals surface area (Å²) in [6, 6.07) is 8.51. The summed E-state index contributed by atoms with van der Waals surface area (Å²) < 4.78 is 52.8. The zero-order valence-corrected chi connectivity index (χ0v) is 10.5. The Morgan fingerprint density at radius 2 is 1.81 bits per heavy atom. The Kier molecular flexibility index (Phi) is 2.86. The molecule has 3 aromatic rings. The normalized spacial score (nSPS) is 12.0. The predicted molar refractivity (Wildman–Crippen MR) is 70.4 cm³/mol. The Morgan fingerprint density at radius 3 is 2.52 bits per heavy atom. The number of nitrogens with zero attached hydrogens (tertiary/aromatic N) is 2. The average molecular weight is 295 g/mol. The number of imidazole rings is 1. The summed E-state index contributed by atoms with van der Waals surface area (Å²) in [7, 11) is 0. The molecule has 0 spiro atoms. The van der Waals surface area contributed by atoms with Gasteiger partial charge in [-0.05, 0) is 30.3 Å². The lowest BCUT2D eigenvalue weighted by Gasteiger charge is -2.11. The van der Waals surface area contributed by atoms with Crippen LogP contribution >= 0.6 is 0 Å².